The third kappa shape index (κ3) is 2.68. The fraction of sp³-hybridized carbons (Fsp3) is 0.250. The molecule has 0 aliphatic rings. The van der Waals surface area contributed by atoms with Gasteiger partial charge in [-0.2, -0.15) is 4.98 Å². The molecule has 0 aliphatic carbocycles. The molecular weight excluding hydrogens is 256 g/mol. The number of hydrogen-bond donors (Lipinski definition) is 0. The molecule has 0 saturated heterocycles. The molecule has 2 heterocycles. The van der Waals surface area contributed by atoms with E-state index in [2.05, 4.69) is 9.97 Å². The van der Waals surface area contributed by atoms with E-state index in [4.69, 9.17) is 20.8 Å². The topological polar surface area (TPSA) is 65.2 Å². The molecule has 0 N–H and O–H groups in total. The summed E-state index contributed by atoms with van der Waals surface area (Å²) in [7, 11) is 0. The van der Waals surface area contributed by atoms with Crippen molar-refractivity contribution in [1.29, 1.82) is 0 Å². The monoisotopic (exact) mass is 266 g/mol. The third-order valence-electron chi connectivity index (χ3n) is 2.23. The summed E-state index contributed by atoms with van der Waals surface area (Å²) in [5, 5.41) is 0.389. The molecule has 6 heteroatoms. The summed E-state index contributed by atoms with van der Waals surface area (Å²) in [6.07, 6.45) is 1.82. The number of pyridine rings is 1. The zero-order chi connectivity index (χ0) is 13.1. The van der Waals surface area contributed by atoms with Gasteiger partial charge in [-0.15, -0.1) is 0 Å². The maximum Gasteiger partial charge on any atom is 0.312 e. The first kappa shape index (κ1) is 12.6. The first-order chi connectivity index (χ1) is 8.60. The van der Waals surface area contributed by atoms with Gasteiger partial charge < -0.3 is 9.15 Å². The van der Waals surface area contributed by atoms with Crippen LogP contribution in [-0.2, 0) is 4.79 Å². The van der Waals surface area contributed by atoms with Crippen molar-refractivity contribution in [2.75, 3.05) is 0 Å². The number of carbonyl (C=O) groups excluding carboxylic acids is 1. The number of nitrogens with zero attached hydrogens (tertiary/aromatic N) is 2. The highest BCUT2D eigenvalue weighted by Crippen LogP contribution is 2.26. The number of hydrogen-bond acceptors (Lipinski definition) is 5. The number of aryl methyl sites for hydroxylation is 1. The van der Waals surface area contributed by atoms with Crippen LogP contribution in [0.3, 0.4) is 0 Å². The quantitative estimate of drug-likeness (QED) is 0.631. The summed E-state index contributed by atoms with van der Waals surface area (Å²) in [4.78, 5) is 19.2. The van der Waals surface area contributed by atoms with Crippen LogP contribution in [0.1, 0.15) is 19.1 Å². The summed E-state index contributed by atoms with van der Waals surface area (Å²) in [5.41, 5.74) is 0.668. The van der Waals surface area contributed by atoms with Gasteiger partial charge in [0.15, 0.2) is 5.76 Å². The van der Waals surface area contributed by atoms with Gasteiger partial charge in [0.05, 0.1) is 5.56 Å². The molecule has 0 amide bonds. The van der Waals surface area contributed by atoms with Crippen molar-refractivity contribution >= 4 is 17.6 Å². The van der Waals surface area contributed by atoms with Gasteiger partial charge in [0.1, 0.15) is 5.15 Å². The molecule has 0 saturated carbocycles. The van der Waals surface area contributed by atoms with Crippen LogP contribution in [0.2, 0.25) is 5.15 Å². The van der Waals surface area contributed by atoms with Crippen molar-refractivity contribution in [1.82, 2.24) is 9.97 Å². The number of esters is 1. The van der Waals surface area contributed by atoms with E-state index in [1.54, 1.807) is 32.2 Å². The lowest BCUT2D eigenvalue weighted by molar-refractivity contribution is -0.134. The zero-order valence-corrected chi connectivity index (χ0v) is 10.7. The number of oxazole rings is 1. The van der Waals surface area contributed by atoms with Crippen molar-refractivity contribution in [3.63, 3.8) is 0 Å². The lowest BCUT2D eigenvalue weighted by Crippen LogP contribution is -2.06. The Labute approximate surface area is 109 Å². The Morgan fingerprint density at radius 2 is 2.28 bits per heavy atom. The Hall–Kier alpha value is -1.88. The molecule has 0 fully saturated rings. The Bertz CT molecular complexity index is 563. The molecule has 0 bridgehead atoms. The SMILES string of the molecule is CCC(=O)Oc1nc(-c2ccc(Cl)nc2)oc1C. The summed E-state index contributed by atoms with van der Waals surface area (Å²) in [5.74, 6) is 0.622. The van der Waals surface area contributed by atoms with Gasteiger partial charge in [-0.05, 0) is 19.1 Å². The van der Waals surface area contributed by atoms with E-state index in [-0.39, 0.29) is 18.3 Å². The van der Waals surface area contributed by atoms with E-state index in [1.807, 2.05) is 0 Å². The standard InChI is InChI=1S/C12H11ClN2O3/c1-3-10(16)18-11-7(2)17-12(15-11)8-4-5-9(13)14-6-8/h4-6H,3H2,1-2H3. The van der Waals surface area contributed by atoms with Gasteiger partial charge in [-0.3, -0.25) is 4.79 Å². The number of carbonyl (C=O) groups is 1. The summed E-state index contributed by atoms with van der Waals surface area (Å²) in [6.45, 7) is 3.39. The highest BCUT2D eigenvalue weighted by Gasteiger charge is 2.15. The Kier molecular flexibility index (Phi) is 3.62. The summed E-state index contributed by atoms with van der Waals surface area (Å²) >= 11 is 5.69. The minimum absolute atomic E-state index is 0.187. The maximum atomic E-state index is 11.2. The third-order valence-corrected chi connectivity index (χ3v) is 2.45. The van der Waals surface area contributed by atoms with Crippen LogP contribution in [0.4, 0.5) is 0 Å². The Morgan fingerprint density at radius 3 is 2.89 bits per heavy atom. The van der Waals surface area contributed by atoms with Crippen molar-refractivity contribution < 1.29 is 13.9 Å². The van der Waals surface area contributed by atoms with Crippen LogP contribution < -0.4 is 4.74 Å². The number of ether oxygens (including phenoxy) is 1. The molecule has 0 atom stereocenters. The highest BCUT2D eigenvalue weighted by molar-refractivity contribution is 6.29. The maximum absolute atomic E-state index is 11.2. The van der Waals surface area contributed by atoms with Crippen molar-refractivity contribution in [2.45, 2.75) is 20.3 Å². The van der Waals surface area contributed by atoms with Crippen LogP contribution in [0.5, 0.6) is 5.88 Å². The Balaban J connectivity index is 2.28. The van der Waals surface area contributed by atoms with E-state index >= 15 is 0 Å². The van der Waals surface area contributed by atoms with Crippen LogP contribution in [0.15, 0.2) is 22.7 Å². The van der Waals surface area contributed by atoms with Gasteiger partial charge in [0.25, 0.3) is 5.88 Å². The van der Waals surface area contributed by atoms with Crippen molar-refractivity contribution in [2.24, 2.45) is 0 Å². The fourth-order valence-electron chi connectivity index (χ4n) is 1.28. The molecule has 18 heavy (non-hydrogen) atoms. The van der Waals surface area contributed by atoms with E-state index < -0.39 is 0 Å². The minimum atomic E-state index is -0.354. The molecule has 2 aromatic rings. The molecule has 0 radical (unpaired) electrons. The van der Waals surface area contributed by atoms with Gasteiger partial charge in [-0.25, -0.2) is 4.98 Å². The van der Waals surface area contributed by atoms with Crippen LogP contribution in [0, 0.1) is 6.92 Å². The van der Waals surface area contributed by atoms with E-state index in [0.29, 0.717) is 22.4 Å². The highest BCUT2D eigenvalue weighted by atomic mass is 35.5. The summed E-state index contributed by atoms with van der Waals surface area (Å²) in [6, 6.07) is 3.36. The predicted octanol–water partition coefficient (Wildman–Crippen LogP) is 3.01. The molecule has 5 nitrogen and oxygen atoms in total. The molecule has 0 aromatic carbocycles. The first-order valence-corrected chi connectivity index (χ1v) is 5.78. The predicted molar refractivity (Wildman–Crippen MR) is 65.4 cm³/mol. The van der Waals surface area contributed by atoms with E-state index in [0.717, 1.165) is 0 Å². The zero-order valence-electron chi connectivity index (χ0n) is 9.94. The number of rotatable bonds is 3. The second kappa shape index (κ2) is 5.18. The normalized spacial score (nSPS) is 10.4. The summed E-state index contributed by atoms with van der Waals surface area (Å²) < 4.78 is 10.4. The number of aromatic nitrogens is 2. The van der Waals surface area contributed by atoms with Crippen molar-refractivity contribution in [3.8, 4) is 17.3 Å². The van der Waals surface area contributed by atoms with Crippen LogP contribution >= 0.6 is 11.6 Å². The van der Waals surface area contributed by atoms with Gasteiger partial charge in [0.2, 0.25) is 5.89 Å². The first-order valence-electron chi connectivity index (χ1n) is 5.40. The molecule has 0 spiro atoms. The lowest BCUT2D eigenvalue weighted by atomic mass is 10.3. The average Bonchev–Trinajstić information content (AvgIpc) is 2.71. The van der Waals surface area contributed by atoms with Crippen molar-refractivity contribution in [3.05, 3.63) is 29.2 Å². The molecule has 0 aliphatic heterocycles. The lowest BCUT2D eigenvalue weighted by Gasteiger charge is -1.96. The fourth-order valence-corrected chi connectivity index (χ4v) is 1.39. The van der Waals surface area contributed by atoms with Gasteiger partial charge in [0, 0.05) is 12.6 Å². The van der Waals surface area contributed by atoms with Gasteiger partial charge >= 0.3 is 5.97 Å². The molecule has 0 unspecified atom stereocenters. The largest absolute Gasteiger partial charge is 0.437 e. The van der Waals surface area contributed by atoms with Gasteiger partial charge in [-0.1, -0.05) is 18.5 Å². The molecule has 2 rings (SSSR count). The van der Waals surface area contributed by atoms with E-state index in [9.17, 15) is 4.79 Å². The molecule has 2 aromatic heterocycles. The number of halogens is 1. The Morgan fingerprint density at radius 1 is 1.50 bits per heavy atom. The second-order valence-electron chi connectivity index (χ2n) is 3.58. The minimum Gasteiger partial charge on any atom is -0.437 e. The molecule has 94 valence electrons. The molecular formula is C12H11ClN2O3. The smallest absolute Gasteiger partial charge is 0.312 e. The van der Waals surface area contributed by atoms with Crippen LogP contribution in [0.25, 0.3) is 11.5 Å². The van der Waals surface area contributed by atoms with E-state index in [1.165, 1.54) is 0 Å². The second-order valence-corrected chi connectivity index (χ2v) is 3.96. The average molecular weight is 267 g/mol. The van der Waals surface area contributed by atoms with Crippen LogP contribution in [-0.4, -0.2) is 15.9 Å².